The molecule has 0 aliphatic carbocycles. The third-order valence-electron chi connectivity index (χ3n) is 6.51. The Labute approximate surface area is 181 Å². The molecule has 0 N–H and O–H groups in total. The summed E-state index contributed by atoms with van der Waals surface area (Å²) in [6.07, 6.45) is 2.51. The Morgan fingerprint density at radius 2 is 1.47 bits per heavy atom. The Bertz CT molecular complexity index is 951. The van der Waals surface area contributed by atoms with Crippen LogP contribution in [-0.2, 0) is 13.2 Å². The molecule has 0 spiro atoms. The first-order valence-corrected chi connectivity index (χ1v) is 11.1. The van der Waals surface area contributed by atoms with Crippen LogP contribution in [0.1, 0.15) is 52.1 Å². The molecule has 30 heavy (non-hydrogen) atoms. The van der Waals surface area contributed by atoms with Crippen LogP contribution in [-0.4, -0.2) is 18.0 Å². The molecule has 0 amide bonds. The van der Waals surface area contributed by atoms with Gasteiger partial charge in [-0.1, -0.05) is 66.2 Å². The quantitative estimate of drug-likeness (QED) is 0.465. The minimum atomic E-state index is 0.618. The smallest absolute Gasteiger partial charge is 0.122 e. The molecule has 3 aromatic carbocycles. The predicted molar refractivity (Wildman–Crippen MR) is 125 cm³/mol. The van der Waals surface area contributed by atoms with Crippen molar-refractivity contribution in [1.82, 2.24) is 4.90 Å². The molecular weight excluding hydrogens is 366 g/mol. The van der Waals surface area contributed by atoms with Gasteiger partial charge in [0, 0.05) is 6.54 Å². The van der Waals surface area contributed by atoms with Crippen molar-refractivity contribution in [3.8, 4) is 5.75 Å². The van der Waals surface area contributed by atoms with E-state index in [0.717, 1.165) is 12.3 Å². The molecule has 0 bridgehead atoms. The minimum absolute atomic E-state index is 0.618. The molecule has 0 radical (unpaired) electrons. The number of aryl methyl sites for hydroxylation is 2. The van der Waals surface area contributed by atoms with E-state index in [1.807, 2.05) is 0 Å². The number of ether oxygens (including phenoxy) is 1. The molecule has 0 atom stereocenters. The Morgan fingerprint density at radius 1 is 0.800 bits per heavy atom. The topological polar surface area (TPSA) is 12.5 Å². The number of rotatable bonds is 6. The largest absolute Gasteiger partial charge is 0.489 e. The normalized spacial score (nSPS) is 15.3. The highest BCUT2D eigenvalue weighted by Gasteiger charge is 2.20. The summed E-state index contributed by atoms with van der Waals surface area (Å²) in [5.41, 5.74) is 7.96. The zero-order chi connectivity index (χ0) is 20.9. The number of likely N-dealkylation sites (tertiary alicyclic amines) is 1. The molecule has 1 saturated heterocycles. The third-order valence-corrected chi connectivity index (χ3v) is 6.51. The van der Waals surface area contributed by atoms with Crippen LogP contribution in [0.2, 0.25) is 0 Å². The van der Waals surface area contributed by atoms with E-state index in [-0.39, 0.29) is 0 Å². The maximum atomic E-state index is 6.04. The highest BCUT2D eigenvalue weighted by atomic mass is 16.5. The second kappa shape index (κ2) is 9.49. The SMILES string of the molecule is Cc1ccc(C2CCN(Cc3ccc(COc4cccc(C)c4C)cc3)CC2)cc1. The summed E-state index contributed by atoms with van der Waals surface area (Å²) in [5.74, 6) is 1.70. The minimum Gasteiger partial charge on any atom is -0.489 e. The average Bonchev–Trinajstić information content (AvgIpc) is 2.77. The maximum absolute atomic E-state index is 6.04. The molecule has 1 aliphatic heterocycles. The summed E-state index contributed by atoms with van der Waals surface area (Å²) in [5, 5.41) is 0. The van der Waals surface area contributed by atoms with E-state index in [9.17, 15) is 0 Å². The van der Waals surface area contributed by atoms with Crippen LogP contribution in [0.3, 0.4) is 0 Å². The van der Waals surface area contributed by atoms with Gasteiger partial charge in [-0.05, 0) is 86.5 Å². The van der Waals surface area contributed by atoms with Gasteiger partial charge in [0.1, 0.15) is 12.4 Å². The first kappa shape index (κ1) is 20.7. The van der Waals surface area contributed by atoms with E-state index in [1.165, 1.54) is 59.3 Å². The summed E-state index contributed by atoms with van der Waals surface area (Å²) in [6, 6.07) is 24.3. The molecule has 3 aromatic rings. The first-order valence-electron chi connectivity index (χ1n) is 11.1. The van der Waals surface area contributed by atoms with E-state index in [1.54, 1.807) is 0 Å². The zero-order valence-corrected chi connectivity index (χ0v) is 18.5. The highest BCUT2D eigenvalue weighted by Crippen LogP contribution is 2.29. The van der Waals surface area contributed by atoms with Gasteiger partial charge in [0.05, 0.1) is 0 Å². The Kier molecular flexibility index (Phi) is 6.54. The van der Waals surface area contributed by atoms with Gasteiger partial charge in [-0.2, -0.15) is 0 Å². The number of benzene rings is 3. The Balaban J connectivity index is 1.27. The number of nitrogens with zero attached hydrogens (tertiary/aromatic N) is 1. The molecule has 1 fully saturated rings. The lowest BCUT2D eigenvalue weighted by atomic mass is 9.89. The van der Waals surface area contributed by atoms with Crippen LogP contribution < -0.4 is 4.74 Å². The van der Waals surface area contributed by atoms with E-state index < -0.39 is 0 Å². The van der Waals surface area contributed by atoms with Crippen molar-refractivity contribution in [2.45, 2.75) is 52.7 Å². The van der Waals surface area contributed by atoms with Crippen LogP contribution in [0.25, 0.3) is 0 Å². The molecule has 156 valence electrons. The van der Waals surface area contributed by atoms with Gasteiger partial charge in [0.2, 0.25) is 0 Å². The van der Waals surface area contributed by atoms with Crippen LogP contribution in [0.5, 0.6) is 5.75 Å². The van der Waals surface area contributed by atoms with Crippen molar-refractivity contribution < 1.29 is 4.74 Å². The standard InChI is InChI=1S/C28H33NO/c1-21-7-13-26(14-8-21)27-15-17-29(18-16-27)19-24-9-11-25(12-10-24)20-30-28-6-4-5-22(2)23(28)3/h4-14,27H,15-20H2,1-3H3. The second-order valence-corrected chi connectivity index (χ2v) is 8.76. The molecule has 1 aliphatic rings. The fourth-order valence-electron chi connectivity index (χ4n) is 4.30. The maximum Gasteiger partial charge on any atom is 0.122 e. The van der Waals surface area contributed by atoms with Crippen LogP contribution in [0.15, 0.2) is 66.7 Å². The third kappa shape index (κ3) is 5.12. The van der Waals surface area contributed by atoms with Crippen LogP contribution in [0, 0.1) is 20.8 Å². The Hall–Kier alpha value is -2.58. The van der Waals surface area contributed by atoms with Crippen molar-refractivity contribution in [3.63, 3.8) is 0 Å². The van der Waals surface area contributed by atoms with Crippen LogP contribution in [0.4, 0.5) is 0 Å². The van der Waals surface area contributed by atoms with Crippen molar-refractivity contribution in [2.24, 2.45) is 0 Å². The summed E-state index contributed by atoms with van der Waals surface area (Å²) in [7, 11) is 0. The summed E-state index contributed by atoms with van der Waals surface area (Å²) < 4.78 is 6.04. The van der Waals surface area contributed by atoms with Gasteiger partial charge in [0.15, 0.2) is 0 Å². The first-order chi connectivity index (χ1) is 14.6. The average molecular weight is 400 g/mol. The summed E-state index contributed by atoms with van der Waals surface area (Å²) in [4.78, 5) is 2.59. The number of hydrogen-bond donors (Lipinski definition) is 0. The fraction of sp³-hybridized carbons (Fsp3) is 0.357. The van der Waals surface area contributed by atoms with E-state index in [0.29, 0.717) is 12.5 Å². The van der Waals surface area contributed by atoms with Gasteiger partial charge in [-0.3, -0.25) is 4.90 Å². The molecule has 2 heteroatoms. The van der Waals surface area contributed by atoms with E-state index in [4.69, 9.17) is 4.74 Å². The molecule has 0 saturated carbocycles. The molecule has 1 heterocycles. The molecule has 0 unspecified atom stereocenters. The lowest BCUT2D eigenvalue weighted by molar-refractivity contribution is 0.204. The Morgan fingerprint density at radius 3 is 2.17 bits per heavy atom. The van der Waals surface area contributed by atoms with Crippen molar-refractivity contribution in [2.75, 3.05) is 13.1 Å². The van der Waals surface area contributed by atoms with Gasteiger partial charge >= 0.3 is 0 Å². The second-order valence-electron chi connectivity index (χ2n) is 8.76. The fourth-order valence-corrected chi connectivity index (χ4v) is 4.30. The monoisotopic (exact) mass is 399 g/mol. The number of hydrogen-bond acceptors (Lipinski definition) is 2. The van der Waals surface area contributed by atoms with Crippen molar-refractivity contribution in [1.29, 1.82) is 0 Å². The van der Waals surface area contributed by atoms with Crippen molar-refractivity contribution in [3.05, 3.63) is 100 Å². The van der Waals surface area contributed by atoms with Gasteiger partial charge in [-0.25, -0.2) is 0 Å². The van der Waals surface area contributed by atoms with Gasteiger partial charge in [0.25, 0.3) is 0 Å². The van der Waals surface area contributed by atoms with Gasteiger partial charge < -0.3 is 4.74 Å². The summed E-state index contributed by atoms with van der Waals surface area (Å²) in [6.45, 7) is 10.4. The van der Waals surface area contributed by atoms with E-state index in [2.05, 4.69) is 92.4 Å². The van der Waals surface area contributed by atoms with Gasteiger partial charge in [-0.15, -0.1) is 0 Å². The molecule has 0 aromatic heterocycles. The van der Waals surface area contributed by atoms with Crippen LogP contribution >= 0.6 is 0 Å². The lowest BCUT2D eigenvalue weighted by Gasteiger charge is -2.32. The zero-order valence-electron chi connectivity index (χ0n) is 18.5. The van der Waals surface area contributed by atoms with Crippen molar-refractivity contribution >= 4 is 0 Å². The number of piperidine rings is 1. The lowest BCUT2D eigenvalue weighted by Crippen LogP contribution is -2.32. The highest BCUT2D eigenvalue weighted by molar-refractivity contribution is 5.38. The van der Waals surface area contributed by atoms with E-state index >= 15 is 0 Å². The predicted octanol–water partition coefficient (Wildman–Crippen LogP) is 6.57. The summed E-state index contributed by atoms with van der Waals surface area (Å²) >= 11 is 0. The molecule has 4 rings (SSSR count). The molecule has 2 nitrogen and oxygen atoms in total. The molecular formula is C28H33NO.